The molecule has 1 amide bonds. The lowest BCUT2D eigenvalue weighted by Gasteiger charge is -2.33. The number of piperidine rings is 1. The van der Waals surface area contributed by atoms with Gasteiger partial charge in [-0.1, -0.05) is 0 Å². The average Bonchev–Trinajstić information content (AvgIpc) is 3.14. The van der Waals surface area contributed by atoms with Crippen molar-refractivity contribution in [2.45, 2.75) is 51.7 Å². The van der Waals surface area contributed by atoms with Gasteiger partial charge in [-0.05, 0) is 52.0 Å². The fraction of sp³-hybridized carbons (Fsp3) is 0.722. The van der Waals surface area contributed by atoms with E-state index < -0.39 is 0 Å². The molecule has 0 radical (unpaired) electrons. The Kier molecular flexibility index (Phi) is 6.07. The van der Waals surface area contributed by atoms with E-state index in [0.717, 1.165) is 57.7 Å². The Balaban J connectivity index is 1.53. The molecule has 0 aliphatic carbocycles. The van der Waals surface area contributed by atoms with Crippen LogP contribution < -0.4 is 20.3 Å². The molecule has 2 aliphatic rings. The number of nitrogens with one attached hydrogen (secondary N) is 2. The number of hydrogen-bond donors (Lipinski definition) is 2. The lowest BCUT2D eigenvalue weighted by Crippen LogP contribution is -2.45. The number of rotatable bonds is 6. The third-order valence-corrected chi connectivity index (χ3v) is 4.77. The molecule has 1 aromatic heterocycles. The first kappa shape index (κ1) is 17.9. The summed E-state index contributed by atoms with van der Waals surface area (Å²) in [6.07, 6.45) is 5.93. The standard InChI is InChI=1S/C18H29N5O2/c1-13(2)25-17-9-16(21-12-22-17)23-8-4-5-14(11-23)10-20-18(24)15-6-3-7-19-15/h9,12-15,19H,3-8,10-11H2,1-2H3,(H,20,24). The van der Waals surface area contributed by atoms with Gasteiger partial charge in [-0.25, -0.2) is 9.97 Å². The van der Waals surface area contributed by atoms with E-state index in [0.29, 0.717) is 11.8 Å². The van der Waals surface area contributed by atoms with Crippen LogP contribution in [0.5, 0.6) is 5.88 Å². The van der Waals surface area contributed by atoms with Crippen molar-refractivity contribution in [1.82, 2.24) is 20.6 Å². The molecule has 3 rings (SSSR count). The molecule has 2 aliphatic heterocycles. The summed E-state index contributed by atoms with van der Waals surface area (Å²) in [5, 5.41) is 6.37. The first-order valence-electron chi connectivity index (χ1n) is 9.36. The van der Waals surface area contributed by atoms with Crippen LogP contribution in [0.1, 0.15) is 39.5 Å². The van der Waals surface area contributed by atoms with Crippen LogP contribution in [0.25, 0.3) is 0 Å². The van der Waals surface area contributed by atoms with E-state index in [2.05, 4.69) is 25.5 Å². The molecule has 0 spiro atoms. The van der Waals surface area contributed by atoms with Gasteiger partial charge in [0.1, 0.15) is 12.1 Å². The van der Waals surface area contributed by atoms with Crippen molar-refractivity contribution in [3.8, 4) is 5.88 Å². The van der Waals surface area contributed by atoms with Gasteiger partial charge >= 0.3 is 0 Å². The largest absolute Gasteiger partial charge is 0.475 e. The van der Waals surface area contributed by atoms with Gasteiger partial charge in [-0.3, -0.25) is 4.79 Å². The number of aromatic nitrogens is 2. The van der Waals surface area contributed by atoms with Crippen molar-refractivity contribution < 1.29 is 9.53 Å². The predicted octanol–water partition coefficient (Wildman–Crippen LogP) is 1.35. The molecule has 2 saturated heterocycles. The molecule has 1 aromatic rings. The Bertz CT molecular complexity index is 574. The SMILES string of the molecule is CC(C)Oc1cc(N2CCCC(CNC(=O)C3CCCN3)C2)ncn1. The van der Waals surface area contributed by atoms with E-state index in [-0.39, 0.29) is 18.1 Å². The summed E-state index contributed by atoms with van der Waals surface area (Å²) in [6.45, 7) is 7.53. The smallest absolute Gasteiger partial charge is 0.237 e. The van der Waals surface area contributed by atoms with Gasteiger partial charge < -0.3 is 20.3 Å². The Hall–Kier alpha value is -1.89. The third kappa shape index (κ3) is 5.04. The summed E-state index contributed by atoms with van der Waals surface area (Å²) >= 11 is 0. The molecule has 2 N–H and O–H groups in total. The Morgan fingerprint density at radius 1 is 1.40 bits per heavy atom. The zero-order chi connectivity index (χ0) is 17.6. The molecule has 2 fully saturated rings. The van der Waals surface area contributed by atoms with Gasteiger partial charge in [-0.2, -0.15) is 0 Å². The molecule has 7 nitrogen and oxygen atoms in total. The van der Waals surface area contributed by atoms with E-state index in [1.54, 1.807) is 6.33 Å². The van der Waals surface area contributed by atoms with Crippen LogP contribution in [-0.2, 0) is 4.79 Å². The van der Waals surface area contributed by atoms with E-state index in [4.69, 9.17) is 4.74 Å². The number of anilines is 1. The van der Waals surface area contributed by atoms with Gasteiger partial charge in [0.05, 0.1) is 12.1 Å². The first-order valence-corrected chi connectivity index (χ1v) is 9.36. The lowest BCUT2D eigenvalue weighted by atomic mass is 9.98. The Morgan fingerprint density at radius 3 is 3.04 bits per heavy atom. The quantitative estimate of drug-likeness (QED) is 0.809. The second-order valence-corrected chi connectivity index (χ2v) is 7.23. The highest BCUT2D eigenvalue weighted by Gasteiger charge is 2.25. The summed E-state index contributed by atoms with van der Waals surface area (Å²) in [4.78, 5) is 23.0. The van der Waals surface area contributed by atoms with E-state index in [9.17, 15) is 4.79 Å². The topological polar surface area (TPSA) is 79.4 Å². The van der Waals surface area contributed by atoms with E-state index in [1.807, 2.05) is 19.9 Å². The Labute approximate surface area is 149 Å². The highest BCUT2D eigenvalue weighted by Crippen LogP contribution is 2.23. The highest BCUT2D eigenvalue weighted by atomic mass is 16.5. The molecule has 3 heterocycles. The number of hydrogen-bond acceptors (Lipinski definition) is 6. The van der Waals surface area contributed by atoms with Gasteiger partial charge in [-0.15, -0.1) is 0 Å². The minimum Gasteiger partial charge on any atom is -0.475 e. The summed E-state index contributed by atoms with van der Waals surface area (Å²) in [5.41, 5.74) is 0. The first-order chi connectivity index (χ1) is 12.1. The molecule has 0 bridgehead atoms. The summed E-state index contributed by atoms with van der Waals surface area (Å²) in [7, 11) is 0. The maximum absolute atomic E-state index is 12.2. The van der Waals surface area contributed by atoms with E-state index in [1.165, 1.54) is 0 Å². The number of nitrogens with zero attached hydrogens (tertiary/aromatic N) is 3. The molecule has 2 unspecified atom stereocenters. The van der Waals surface area contributed by atoms with Gasteiger partial charge in [0.15, 0.2) is 0 Å². The van der Waals surface area contributed by atoms with Crippen LogP contribution in [0.3, 0.4) is 0 Å². The minimum atomic E-state index is -0.00250. The summed E-state index contributed by atoms with van der Waals surface area (Å²) in [6, 6.07) is 1.90. The van der Waals surface area contributed by atoms with Crippen molar-refractivity contribution in [3.05, 3.63) is 12.4 Å². The molecule has 0 saturated carbocycles. The van der Waals surface area contributed by atoms with Crippen LogP contribution in [0.4, 0.5) is 5.82 Å². The zero-order valence-corrected chi connectivity index (χ0v) is 15.2. The molecule has 2 atom stereocenters. The maximum atomic E-state index is 12.2. The van der Waals surface area contributed by atoms with Crippen LogP contribution in [0.15, 0.2) is 12.4 Å². The van der Waals surface area contributed by atoms with Crippen molar-refractivity contribution in [1.29, 1.82) is 0 Å². The second-order valence-electron chi connectivity index (χ2n) is 7.23. The van der Waals surface area contributed by atoms with Crippen LogP contribution in [-0.4, -0.2) is 54.2 Å². The average molecular weight is 347 g/mol. The summed E-state index contributed by atoms with van der Waals surface area (Å²) < 4.78 is 5.67. The monoisotopic (exact) mass is 347 g/mol. The molecule has 25 heavy (non-hydrogen) atoms. The maximum Gasteiger partial charge on any atom is 0.237 e. The fourth-order valence-electron chi connectivity index (χ4n) is 3.53. The molecule has 138 valence electrons. The number of carbonyl (C=O) groups is 1. The van der Waals surface area contributed by atoms with Crippen LogP contribution in [0.2, 0.25) is 0 Å². The molecule has 0 aromatic carbocycles. The minimum absolute atomic E-state index is 0.00250. The third-order valence-electron chi connectivity index (χ3n) is 4.77. The van der Waals surface area contributed by atoms with Gasteiger partial charge in [0, 0.05) is 25.7 Å². The lowest BCUT2D eigenvalue weighted by molar-refractivity contribution is -0.122. The summed E-state index contributed by atoms with van der Waals surface area (Å²) in [5.74, 6) is 2.11. The predicted molar refractivity (Wildman–Crippen MR) is 96.8 cm³/mol. The van der Waals surface area contributed by atoms with Gasteiger partial charge in [0.2, 0.25) is 11.8 Å². The molecule has 7 heteroatoms. The van der Waals surface area contributed by atoms with Crippen molar-refractivity contribution in [2.24, 2.45) is 5.92 Å². The van der Waals surface area contributed by atoms with Crippen molar-refractivity contribution in [2.75, 3.05) is 31.1 Å². The fourth-order valence-corrected chi connectivity index (χ4v) is 3.53. The van der Waals surface area contributed by atoms with Gasteiger partial charge in [0.25, 0.3) is 0 Å². The number of carbonyl (C=O) groups excluding carboxylic acids is 1. The Morgan fingerprint density at radius 2 is 2.28 bits per heavy atom. The highest BCUT2D eigenvalue weighted by molar-refractivity contribution is 5.82. The number of ether oxygens (including phenoxy) is 1. The molecular weight excluding hydrogens is 318 g/mol. The van der Waals surface area contributed by atoms with Crippen LogP contribution in [0, 0.1) is 5.92 Å². The second kappa shape index (κ2) is 8.47. The van der Waals surface area contributed by atoms with Crippen molar-refractivity contribution >= 4 is 11.7 Å². The molecular formula is C18H29N5O2. The number of amides is 1. The van der Waals surface area contributed by atoms with Crippen molar-refractivity contribution in [3.63, 3.8) is 0 Å². The normalized spacial score (nSPS) is 23.7. The van der Waals surface area contributed by atoms with E-state index >= 15 is 0 Å². The van der Waals surface area contributed by atoms with Crippen LogP contribution >= 0.6 is 0 Å². The zero-order valence-electron chi connectivity index (χ0n) is 15.2.